The number of rotatable bonds is 8. The summed E-state index contributed by atoms with van der Waals surface area (Å²) >= 11 is 3.59. The van der Waals surface area contributed by atoms with Crippen molar-refractivity contribution in [1.82, 2.24) is 14.7 Å². The zero-order chi connectivity index (χ0) is 15.1. The normalized spacial score (nSPS) is 11.1. The number of nitrogens with zero attached hydrogens (tertiary/aromatic N) is 3. The second-order valence-electron chi connectivity index (χ2n) is 4.68. The number of carbonyl (C=O) groups excluding carboxylic acids is 1. The first-order valence-electron chi connectivity index (χ1n) is 7.13. The van der Waals surface area contributed by atoms with E-state index in [4.69, 9.17) is 4.74 Å². The minimum atomic E-state index is -0.170. The van der Waals surface area contributed by atoms with Crippen LogP contribution in [0.1, 0.15) is 38.6 Å². The molecule has 0 saturated carbocycles. The second-order valence-corrected chi connectivity index (χ2v) is 5.47. The number of hydrogen-bond donors (Lipinski definition) is 0. The summed E-state index contributed by atoms with van der Waals surface area (Å²) in [7, 11) is 0. The highest BCUT2D eigenvalue weighted by molar-refractivity contribution is 9.10. The molecule has 6 heteroatoms. The molecule has 0 saturated heterocycles. The van der Waals surface area contributed by atoms with E-state index in [0.29, 0.717) is 19.7 Å². The van der Waals surface area contributed by atoms with Crippen molar-refractivity contribution in [1.29, 1.82) is 0 Å². The van der Waals surface area contributed by atoms with E-state index < -0.39 is 0 Å². The molecule has 0 N–H and O–H groups in total. The van der Waals surface area contributed by atoms with Crippen LogP contribution in [-0.2, 0) is 22.6 Å². The summed E-state index contributed by atoms with van der Waals surface area (Å²) in [5, 5.41) is 4.48. The Morgan fingerprint density at radius 3 is 2.65 bits per heavy atom. The molecule has 0 radical (unpaired) electrons. The SMILES string of the molecule is CCCN(CC(=O)OCC)Cc1c(Br)c(C)nn1CC. The maximum Gasteiger partial charge on any atom is 0.320 e. The number of carbonyl (C=O) groups is 1. The summed E-state index contributed by atoms with van der Waals surface area (Å²) in [5.41, 5.74) is 2.09. The number of hydrogen-bond acceptors (Lipinski definition) is 4. The van der Waals surface area contributed by atoms with Crippen molar-refractivity contribution in [2.75, 3.05) is 19.7 Å². The summed E-state index contributed by atoms with van der Waals surface area (Å²) in [5.74, 6) is -0.170. The molecule has 114 valence electrons. The lowest BCUT2D eigenvalue weighted by Gasteiger charge is -2.21. The van der Waals surface area contributed by atoms with Crippen LogP contribution < -0.4 is 0 Å². The van der Waals surface area contributed by atoms with Gasteiger partial charge in [0.25, 0.3) is 0 Å². The molecule has 0 aliphatic rings. The van der Waals surface area contributed by atoms with Crippen molar-refractivity contribution in [2.24, 2.45) is 0 Å². The molecule has 0 amide bonds. The van der Waals surface area contributed by atoms with Crippen LogP contribution in [0.25, 0.3) is 0 Å². The van der Waals surface area contributed by atoms with Crippen molar-refractivity contribution in [2.45, 2.75) is 47.2 Å². The molecule has 0 aliphatic carbocycles. The van der Waals surface area contributed by atoms with Crippen LogP contribution >= 0.6 is 15.9 Å². The number of ether oxygens (including phenoxy) is 1. The Morgan fingerprint density at radius 2 is 2.10 bits per heavy atom. The van der Waals surface area contributed by atoms with E-state index in [1.165, 1.54) is 0 Å². The summed E-state index contributed by atoms with van der Waals surface area (Å²) in [6.07, 6.45) is 0.996. The fourth-order valence-electron chi connectivity index (χ4n) is 2.15. The molecular formula is C14H24BrN3O2. The zero-order valence-corrected chi connectivity index (χ0v) is 14.4. The zero-order valence-electron chi connectivity index (χ0n) is 12.8. The first-order valence-corrected chi connectivity index (χ1v) is 7.92. The smallest absolute Gasteiger partial charge is 0.320 e. The molecule has 1 aromatic heterocycles. The second kappa shape index (κ2) is 8.42. The van der Waals surface area contributed by atoms with Gasteiger partial charge in [-0.1, -0.05) is 6.92 Å². The van der Waals surface area contributed by atoms with Gasteiger partial charge in [0.15, 0.2) is 0 Å². The summed E-state index contributed by atoms with van der Waals surface area (Å²) in [6, 6.07) is 0. The fraction of sp³-hybridized carbons (Fsp3) is 0.714. The van der Waals surface area contributed by atoms with Crippen molar-refractivity contribution < 1.29 is 9.53 Å². The van der Waals surface area contributed by atoms with Crippen LogP contribution in [0.3, 0.4) is 0 Å². The van der Waals surface area contributed by atoms with E-state index in [9.17, 15) is 4.79 Å². The van der Waals surface area contributed by atoms with Crippen LogP contribution in [-0.4, -0.2) is 40.3 Å². The van der Waals surface area contributed by atoms with E-state index in [1.54, 1.807) is 0 Å². The summed E-state index contributed by atoms with van der Waals surface area (Å²) < 4.78 is 8.04. The third-order valence-electron chi connectivity index (χ3n) is 3.02. The molecule has 0 unspecified atom stereocenters. The van der Waals surface area contributed by atoms with Crippen molar-refractivity contribution >= 4 is 21.9 Å². The van der Waals surface area contributed by atoms with Gasteiger partial charge in [-0.3, -0.25) is 14.4 Å². The Bertz CT molecular complexity index is 446. The highest BCUT2D eigenvalue weighted by Gasteiger charge is 2.17. The average Bonchev–Trinajstić information content (AvgIpc) is 2.67. The van der Waals surface area contributed by atoms with E-state index >= 15 is 0 Å². The topological polar surface area (TPSA) is 47.4 Å². The van der Waals surface area contributed by atoms with Gasteiger partial charge in [0.2, 0.25) is 0 Å². The molecule has 0 aromatic carbocycles. The van der Waals surface area contributed by atoms with E-state index in [2.05, 4.69) is 39.8 Å². The molecule has 0 aliphatic heterocycles. The molecule has 0 bridgehead atoms. The van der Waals surface area contributed by atoms with Crippen LogP contribution in [0, 0.1) is 6.92 Å². The standard InChI is InChI=1S/C14H24BrN3O2/c1-5-8-17(10-13(19)20-7-3)9-12-14(15)11(4)16-18(12)6-2/h5-10H2,1-4H3. The fourth-order valence-corrected chi connectivity index (χ4v) is 2.56. The maximum absolute atomic E-state index is 11.7. The lowest BCUT2D eigenvalue weighted by molar-refractivity contribution is -0.144. The monoisotopic (exact) mass is 345 g/mol. The number of aromatic nitrogens is 2. The largest absolute Gasteiger partial charge is 0.465 e. The maximum atomic E-state index is 11.7. The van der Waals surface area contributed by atoms with Gasteiger partial charge in [0.05, 0.1) is 29.0 Å². The Hall–Kier alpha value is -0.880. The minimum Gasteiger partial charge on any atom is -0.465 e. The Balaban J connectivity index is 2.82. The van der Waals surface area contributed by atoms with Gasteiger partial charge in [-0.25, -0.2) is 0 Å². The van der Waals surface area contributed by atoms with Gasteiger partial charge in [0.1, 0.15) is 0 Å². The third kappa shape index (κ3) is 4.59. The first-order chi connectivity index (χ1) is 9.53. The summed E-state index contributed by atoms with van der Waals surface area (Å²) in [6.45, 7) is 11.1. The highest BCUT2D eigenvalue weighted by atomic mass is 79.9. The lowest BCUT2D eigenvalue weighted by Crippen LogP contribution is -2.32. The molecule has 5 nitrogen and oxygen atoms in total. The molecule has 1 heterocycles. The number of halogens is 1. The molecule has 1 rings (SSSR count). The minimum absolute atomic E-state index is 0.170. The van der Waals surface area contributed by atoms with Gasteiger partial charge >= 0.3 is 5.97 Å². The average molecular weight is 346 g/mol. The van der Waals surface area contributed by atoms with Gasteiger partial charge in [-0.05, 0) is 49.7 Å². The van der Waals surface area contributed by atoms with E-state index in [0.717, 1.165) is 35.4 Å². The third-order valence-corrected chi connectivity index (χ3v) is 4.06. The summed E-state index contributed by atoms with van der Waals surface area (Å²) in [4.78, 5) is 13.8. The Labute approximate surface area is 129 Å². The molecule has 0 fully saturated rings. The van der Waals surface area contributed by atoms with E-state index in [1.807, 2.05) is 18.5 Å². The molecule has 0 spiro atoms. The Kier molecular flexibility index (Phi) is 7.23. The molecule has 20 heavy (non-hydrogen) atoms. The number of esters is 1. The lowest BCUT2D eigenvalue weighted by atomic mass is 10.3. The van der Waals surface area contributed by atoms with Gasteiger partial charge in [0, 0.05) is 13.1 Å². The first kappa shape index (κ1) is 17.2. The van der Waals surface area contributed by atoms with Gasteiger partial charge in [-0.2, -0.15) is 5.10 Å². The molecule has 1 aromatic rings. The Morgan fingerprint density at radius 1 is 1.40 bits per heavy atom. The van der Waals surface area contributed by atoms with Gasteiger partial charge in [-0.15, -0.1) is 0 Å². The highest BCUT2D eigenvalue weighted by Crippen LogP contribution is 2.22. The van der Waals surface area contributed by atoms with Crippen LogP contribution in [0.4, 0.5) is 0 Å². The number of aryl methyl sites for hydroxylation is 2. The van der Waals surface area contributed by atoms with Gasteiger partial charge < -0.3 is 4.74 Å². The van der Waals surface area contributed by atoms with E-state index in [-0.39, 0.29) is 5.97 Å². The van der Waals surface area contributed by atoms with Crippen molar-refractivity contribution in [3.05, 3.63) is 15.9 Å². The van der Waals surface area contributed by atoms with Crippen LogP contribution in [0.5, 0.6) is 0 Å². The van der Waals surface area contributed by atoms with Crippen LogP contribution in [0.2, 0.25) is 0 Å². The van der Waals surface area contributed by atoms with Crippen molar-refractivity contribution in [3.8, 4) is 0 Å². The van der Waals surface area contributed by atoms with Crippen LogP contribution in [0.15, 0.2) is 4.47 Å². The van der Waals surface area contributed by atoms with Crippen molar-refractivity contribution in [3.63, 3.8) is 0 Å². The quantitative estimate of drug-likeness (QED) is 0.679. The predicted molar refractivity (Wildman–Crippen MR) is 82.5 cm³/mol. The predicted octanol–water partition coefficient (Wildman–Crippen LogP) is 2.75. The molecular weight excluding hydrogens is 322 g/mol. The molecule has 0 atom stereocenters.